The number of rotatable bonds is 13. The minimum Gasteiger partial charge on any atom is -0.508 e. The molecule has 0 radical (unpaired) electrons. The van der Waals surface area contributed by atoms with Gasteiger partial charge in [-0.05, 0) is 41.3 Å². The van der Waals surface area contributed by atoms with Crippen molar-refractivity contribution >= 4 is 36.3 Å². The number of aliphatic carboxylic acids is 1. The number of hydrogen-bond acceptors (Lipinski definition) is 8. The molecule has 11 nitrogen and oxygen atoms in total. The van der Waals surface area contributed by atoms with E-state index in [1.165, 1.54) is 24.3 Å². The molecule has 2 rings (SSSR count). The lowest BCUT2D eigenvalue weighted by molar-refractivity contribution is -0.141. The first-order chi connectivity index (χ1) is 17.9. The van der Waals surface area contributed by atoms with Crippen LogP contribution in [0.1, 0.15) is 25.0 Å². The van der Waals surface area contributed by atoms with Gasteiger partial charge in [-0.2, -0.15) is 12.6 Å². The highest BCUT2D eigenvalue weighted by atomic mass is 32.1. The van der Waals surface area contributed by atoms with Gasteiger partial charge in [0, 0.05) is 18.6 Å². The van der Waals surface area contributed by atoms with Gasteiger partial charge < -0.3 is 37.0 Å². The fraction of sp³-hybridized carbons (Fsp3) is 0.385. The van der Waals surface area contributed by atoms with E-state index >= 15 is 0 Å². The average molecular weight is 547 g/mol. The van der Waals surface area contributed by atoms with Gasteiger partial charge in [-0.25, -0.2) is 4.79 Å². The van der Waals surface area contributed by atoms with Crippen molar-refractivity contribution in [1.82, 2.24) is 16.0 Å². The van der Waals surface area contributed by atoms with Crippen molar-refractivity contribution in [2.24, 2.45) is 11.7 Å². The highest BCUT2D eigenvalue weighted by Gasteiger charge is 2.31. The zero-order valence-electron chi connectivity index (χ0n) is 21.1. The Labute approximate surface area is 226 Å². The summed E-state index contributed by atoms with van der Waals surface area (Å²) in [6.07, 6.45) is 0.00670. The van der Waals surface area contributed by atoms with E-state index in [2.05, 4.69) is 28.6 Å². The monoisotopic (exact) mass is 546 g/mol. The summed E-state index contributed by atoms with van der Waals surface area (Å²) in [6.45, 7) is 3.52. The molecule has 0 aromatic heterocycles. The van der Waals surface area contributed by atoms with Crippen molar-refractivity contribution < 1.29 is 34.5 Å². The summed E-state index contributed by atoms with van der Waals surface area (Å²) in [4.78, 5) is 50.6. The number of aromatic hydroxyl groups is 2. The second-order valence-corrected chi connectivity index (χ2v) is 9.58. The van der Waals surface area contributed by atoms with Gasteiger partial charge in [0.05, 0.1) is 6.04 Å². The normalized spacial score (nSPS) is 14.1. The summed E-state index contributed by atoms with van der Waals surface area (Å²) in [7, 11) is 0. The van der Waals surface area contributed by atoms with Crippen LogP contribution in [0, 0.1) is 5.92 Å². The summed E-state index contributed by atoms with van der Waals surface area (Å²) >= 11 is 3.96. The third-order valence-electron chi connectivity index (χ3n) is 5.84. The number of phenols is 2. The fourth-order valence-electron chi connectivity index (χ4n) is 3.45. The molecule has 206 valence electrons. The van der Waals surface area contributed by atoms with E-state index < -0.39 is 47.9 Å². The highest BCUT2D eigenvalue weighted by Crippen LogP contribution is 2.14. The summed E-state index contributed by atoms with van der Waals surface area (Å²) in [5, 5.41) is 36.1. The maximum atomic E-state index is 13.4. The van der Waals surface area contributed by atoms with Crippen LogP contribution in [-0.4, -0.2) is 68.9 Å². The molecule has 0 fully saturated rings. The molecular weight excluding hydrogens is 512 g/mol. The largest absolute Gasteiger partial charge is 0.508 e. The molecule has 12 heteroatoms. The van der Waals surface area contributed by atoms with Crippen LogP contribution in [0.2, 0.25) is 0 Å². The Balaban J connectivity index is 2.32. The minimum absolute atomic E-state index is 0.0120. The zero-order chi connectivity index (χ0) is 28.4. The molecule has 0 saturated carbocycles. The number of nitrogens with two attached hydrogens (primary N) is 1. The van der Waals surface area contributed by atoms with E-state index in [-0.39, 0.29) is 36.0 Å². The Hall–Kier alpha value is -3.77. The first-order valence-corrected chi connectivity index (χ1v) is 12.6. The van der Waals surface area contributed by atoms with E-state index in [0.717, 1.165) is 0 Å². The number of carboxylic acids is 1. The molecule has 0 saturated heterocycles. The molecule has 4 atom stereocenters. The van der Waals surface area contributed by atoms with Crippen molar-refractivity contribution in [3.63, 3.8) is 0 Å². The number of hydrogen-bond donors (Lipinski definition) is 8. The van der Waals surface area contributed by atoms with Gasteiger partial charge in [0.15, 0.2) is 0 Å². The Bertz CT molecular complexity index is 1110. The molecule has 0 bridgehead atoms. The third kappa shape index (κ3) is 9.27. The topological polar surface area (TPSA) is 191 Å². The molecular formula is C26H34N4O7S. The molecule has 2 aromatic rings. The number of benzene rings is 2. The second-order valence-electron chi connectivity index (χ2n) is 9.22. The maximum Gasteiger partial charge on any atom is 0.327 e. The number of amides is 3. The Morgan fingerprint density at radius 1 is 0.737 bits per heavy atom. The SMILES string of the molecule is CC(C)C(N)C(=O)NC(Cc1ccc(O)cc1)C(=O)NC(Cc1ccc(O)cc1)C(=O)NC(CS)C(=O)O. The molecule has 0 heterocycles. The first-order valence-electron chi connectivity index (χ1n) is 12.0. The van der Waals surface area contributed by atoms with Gasteiger partial charge in [0.25, 0.3) is 0 Å². The van der Waals surface area contributed by atoms with Crippen LogP contribution in [0.15, 0.2) is 48.5 Å². The fourth-order valence-corrected chi connectivity index (χ4v) is 3.70. The molecule has 38 heavy (non-hydrogen) atoms. The lowest BCUT2D eigenvalue weighted by Gasteiger charge is -2.26. The van der Waals surface area contributed by atoms with Gasteiger partial charge in [0.2, 0.25) is 17.7 Å². The predicted molar refractivity (Wildman–Crippen MR) is 144 cm³/mol. The number of carbonyl (C=O) groups is 4. The van der Waals surface area contributed by atoms with Gasteiger partial charge in [-0.1, -0.05) is 38.1 Å². The maximum absolute atomic E-state index is 13.4. The number of nitrogens with one attached hydrogen (secondary N) is 3. The van der Waals surface area contributed by atoms with Crippen molar-refractivity contribution in [1.29, 1.82) is 0 Å². The Kier molecular flexibility index (Phi) is 11.4. The van der Waals surface area contributed by atoms with Crippen LogP contribution >= 0.6 is 12.6 Å². The standard InChI is InChI=1S/C26H34N4O7S/c1-14(2)22(27)25(35)29-20(12-16-5-9-18(32)10-6-16)23(33)28-19(11-15-3-7-17(31)8-4-15)24(34)30-21(13-38)26(36)37/h3-10,14,19-22,31-32,38H,11-13,27H2,1-2H3,(H,28,33)(H,29,35)(H,30,34)(H,36,37). The second kappa shape index (κ2) is 14.2. The third-order valence-corrected chi connectivity index (χ3v) is 6.20. The lowest BCUT2D eigenvalue weighted by Crippen LogP contribution is -2.58. The molecule has 0 spiro atoms. The molecule has 3 amide bonds. The molecule has 0 aliphatic rings. The minimum atomic E-state index is -1.29. The summed E-state index contributed by atoms with van der Waals surface area (Å²) in [5.74, 6) is -3.63. The Morgan fingerprint density at radius 2 is 1.11 bits per heavy atom. The van der Waals surface area contributed by atoms with E-state index in [1.54, 1.807) is 38.1 Å². The van der Waals surface area contributed by atoms with Gasteiger partial charge in [-0.3, -0.25) is 14.4 Å². The summed E-state index contributed by atoms with van der Waals surface area (Å²) in [5.41, 5.74) is 7.17. The molecule has 2 aromatic carbocycles. The van der Waals surface area contributed by atoms with Crippen LogP contribution in [-0.2, 0) is 32.0 Å². The molecule has 4 unspecified atom stereocenters. The van der Waals surface area contributed by atoms with Crippen molar-refractivity contribution in [2.75, 3.05) is 5.75 Å². The number of thiol groups is 1. The van der Waals surface area contributed by atoms with E-state index in [1.807, 2.05) is 0 Å². The Morgan fingerprint density at radius 3 is 1.45 bits per heavy atom. The smallest absolute Gasteiger partial charge is 0.327 e. The van der Waals surface area contributed by atoms with Crippen LogP contribution < -0.4 is 21.7 Å². The van der Waals surface area contributed by atoms with Crippen LogP contribution in [0.25, 0.3) is 0 Å². The van der Waals surface area contributed by atoms with E-state index in [9.17, 15) is 34.5 Å². The summed E-state index contributed by atoms with van der Waals surface area (Å²) in [6, 6.07) is 7.51. The molecule has 0 aliphatic heterocycles. The van der Waals surface area contributed by atoms with Crippen LogP contribution in [0.4, 0.5) is 0 Å². The van der Waals surface area contributed by atoms with E-state index in [4.69, 9.17) is 5.73 Å². The highest BCUT2D eigenvalue weighted by molar-refractivity contribution is 7.80. The number of phenolic OH excluding ortho intramolecular Hbond substituents is 2. The average Bonchev–Trinajstić information content (AvgIpc) is 2.87. The van der Waals surface area contributed by atoms with Crippen LogP contribution in [0.5, 0.6) is 11.5 Å². The first kappa shape index (κ1) is 30.5. The zero-order valence-corrected chi connectivity index (χ0v) is 22.0. The van der Waals surface area contributed by atoms with Crippen molar-refractivity contribution in [3.8, 4) is 11.5 Å². The molecule has 8 N–H and O–H groups in total. The van der Waals surface area contributed by atoms with E-state index in [0.29, 0.717) is 11.1 Å². The summed E-state index contributed by atoms with van der Waals surface area (Å²) < 4.78 is 0. The predicted octanol–water partition coefficient (Wildman–Crippen LogP) is 0.335. The van der Waals surface area contributed by atoms with Crippen molar-refractivity contribution in [2.45, 2.75) is 50.9 Å². The van der Waals surface area contributed by atoms with Gasteiger partial charge in [0.1, 0.15) is 29.6 Å². The molecule has 0 aliphatic carbocycles. The quantitative estimate of drug-likeness (QED) is 0.165. The van der Waals surface area contributed by atoms with Gasteiger partial charge in [-0.15, -0.1) is 0 Å². The lowest BCUT2D eigenvalue weighted by atomic mass is 10.0. The number of carboxylic acid groups (broad SMARTS) is 1. The van der Waals surface area contributed by atoms with Gasteiger partial charge >= 0.3 is 5.97 Å². The van der Waals surface area contributed by atoms with Crippen LogP contribution in [0.3, 0.4) is 0 Å². The van der Waals surface area contributed by atoms with Crippen molar-refractivity contribution in [3.05, 3.63) is 59.7 Å². The number of carbonyl (C=O) groups excluding carboxylic acids is 3.